The van der Waals surface area contributed by atoms with E-state index in [0.29, 0.717) is 10.9 Å². The number of aromatic amines is 1. The largest absolute Gasteiger partial charge is 0.275 e. The van der Waals surface area contributed by atoms with E-state index in [9.17, 15) is 4.79 Å². The Balaban J connectivity index is 2.89. The molecule has 0 saturated heterocycles. The normalized spacial score (nSPS) is 11.1. The van der Waals surface area contributed by atoms with Gasteiger partial charge in [0.05, 0.1) is 11.1 Å². The number of aromatic nitrogens is 4. The molecule has 2 heterocycles. The van der Waals surface area contributed by atoms with Crippen molar-refractivity contribution in [3.05, 3.63) is 28.6 Å². The number of rotatable bonds is 1. The van der Waals surface area contributed by atoms with E-state index < -0.39 is 0 Å². The van der Waals surface area contributed by atoms with E-state index in [4.69, 9.17) is 0 Å². The number of H-pyrrole nitrogens is 1. The van der Waals surface area contributed by atoms with Crippen molar-refractivity contribution in [1.82, 2.24) is 20.2 Å². The van der Waals surface area contributed by atoms with E-state index in [0.717, 1.165) is 5.69 Å². The van der Waals surface area contributed by atoms with E-state index in [1.54, 1.807) is 0 Å². The number of nitrogens with one attached hydrogen (secondary N) is 1. The molecule has 72 valence electrons. The first-order valence-electron chi connectivity index (χ1n) is 4.38. The molecule has 0 aromatic carbocycles. The maximum atomic E-state index is 11.4. The van der Waals surface area contributed by atoms with Gasteiger partial charge in [-0.05, 0) is 5.92 Å². The first kappa shape index (κ1) is 8.80. The monoisotopic (exact) mass is 190 g/mol. The van der Waals surface area contributed by atoms with Crippen LogP contribution in [0, 0.1) is 0 Å². The first-order chi connectivity index (χ1) is 6.70. The van der Waals surface area contributed by atoms with Crippen LogP contribution in [0.15, 0.2) is 17.3 Å². The van der Waals surface area contributed by atoms with Gasteiger partial charge in [-0.2, -0.15) is 5.10 Å². The second-order valence-corrected chi connectivity index (χ2v) is 3.38. The standard InChI is InChI=1S/C9H10N4O/c1-5(2)7-8-6(3-10-4-11-8)9(14)13-12-7/h3-5H,1-2H3,(H,13,14). The Morgan fingerprint density at radius 3 is 2.93 bits per heavy atom. The minimum Gasteiger partial charge on any atom is -0.267 e. The van der Waals surface area contributed by atoms with Crippen LogP contribution in [0.2, 0.25) is 0 Å². The lowest BCUT2D eigenvalue weighted by Gasteiger charge is -2.05. The van der Waals surface area contributed by atoms with Crippen molar-refractivity contribution in [3.8, 4) is 0 Å². The highest BCUT2D eigenvalue weighted by molar-refractivity contribution is 5.78. The van der Waals surface area contributed by atoms with Crippen molar-refractivity contribution in [2.24, 2.45) is 0 Å². The summed E-state index contributed by atoms with van der Waals surface area (Å²) in [6, 6.07) is 0. The Morgan fingerprint density at radius 1 is 1.43 bits per heavy atom. The quantitative estimate of drug-likeness (QED) is 0.723. The average molecular weight is 190 g/mol. The van der Waals surface area contributed by atoms with Gasteiger partial charge in [0, 0.05) is 6.20 Å². The first-order valence-corrected chi connectivity index (χ1v) is 4.38. The van der Waals surface area contributed by atoms with Crippen LogP contribution in [-0.2, 0) is 0 Å². The van der Waals surface area contributed by atoms with Crippen LogP contribution in [0.1, 0.15) is 25.5 Å². The molecule has 2 aromatic rings. The summed E-state index contributed by atoms with van der Waals surface area (Å²) >= 11 is 0. The van der Waals surface area contributed by atoms with Crippen LogP contribution < -0.4 is 5.56 Å². The predicted molar refractivity (Wildman–Crippen MR) is 52.0 cm³/mol. The third kappa shape index (κ3) is 1.26. The number of fused-ring (bicyclic) bond motifs is 1. The van der Waals surface area contributed by atoms with Crippen LogP contribution >= 0.6 is 0 Å². The minimum absolute atomic E-state index is 0.226. The summed E-state index contributed by atoms with van der Waals surface area (Å²) in [6.45, 7) is 4.00. The van der Waals surface area contributed by atoms with Gasteiger partial charge in [0.2, 0.25) is 0 Å². The third-order valence-electron chi connectivity index (χ3n) is 2.02. The average Bonchev–Trinajstić information content (AvgIpc) is 2.18. The number of hydrogen-bond donors (Lipinski definition) is 1. The summed E-state index contributed by atoms with van der Waals surface area (Å²) in [6.07, 6.45) is 2.93. The van der Waals surface area contributed by atoms with E-state index >= 15 is 0 Å². The van der Waals surface area contributed by atoms with Crippen LogP contribution in [0.5, 0.6) is 0 Å². The molecule has 0 atom stereocenters. The second kappa shape index (κ2) is 3.17. The third-order valence-corrected chi connectivity index (χ3v) is 2.02. The van der Waals surface area contributed by atoms with Gasteiger partial charge in [-0.15, -0.1) is 0 Å². The lowest BCUT2D eigenvalue weighted by molar-refractivity contribution is 0.787. The fourth-order valence-electron chi connectivity index (χ4n) is 1.33. The lowest BCUT2D eigenvalue weighted by Crippen LogP contribution is -2.12. The van der Waals surface area contributed by atoms with Gasteiger partial charge in [-0.25, -0.2) is 15.1 Å². The Morgan fingerprint density at radius 2 is 2.21 bits per heavy atom. The Hall–Kier alpha value is -1.78. The smallest absolute Gasteiger partial charge is 0.267 e. The molecule has 14 heavy (non-hydrogen) atoms. The topological polar surface area (TPSA) is 71.5 Å². The molecule has 2 aromatic heterocycles. The SMILES string of the molecule is CC(C)c1n[nH]c(=O)c2cncnc12. The van der Waals surface area contributed by atoms with E-state index in [1.165, 1.54) is 12.5 Å². The van der Waals surface area contributed by atoms with Crippen molar-refractivity contribution >= 4 is 10.9 Å². The van der Waals surface area contributed by atoms with Crippen LogP contribution in [0.3, 0.4) is 0 Å². The molecule has 2 rings (SSSR count). The van der Waals surface area contributed by atoms with Crippen LogP contribution in [-0.4, -0.2) is 20.2 Å². The summed E-state index contributed by atoms with van der Waals surface area (Å²) < 4.78 is 0. The van der Waals surface area contributed by atoms with Gasteiger partial charge >= 0.3 is 0 Å². The molecule has 0 unspecified atom stereocenters. The highest BCUT2D eigenvalue weighted by Gasteiger charge is 2.10. The van der Waals surface area contributed by atoms with E-state index in [1.807, 2.05) is 13.8 Å². The van der Waals surface area contributed by atoms with Crippen molar-refractivity contribution in [1.29, 1.82) is 0 Å². The van der Waals surface area contributed by atoms with Gasteiger partial charge < -0.3 is 0 Å². The zero-order valence-corrected chi connectivity index (χ0v) is 7.98. The van der Waals surface area contributed by atoms with Crippen LogP contribution in [0.25, 0.3) is 10.9 Å². The molecule has 5 nitrogen and oxygen atoms in total. The Labute approximate surface area is 80.2 Å². The van der Waals surface area contributed by atoms with Crippen molar-refractivity contribution < 1.29 is 0 Å². The number of nitrogens with zero attached hydrogens (tertiary/aromatic N) is 3. The number of hydrogen-bond acceptors (Lipinski definition) is 4. The molecule has 0 amide bonds. The highest BCUT2D eigenvalue weighted by Crippen LogP contribution is 2.16. The second-order valence-electron chi connectivity index (χ2n) is 3.38. The van der Waals surface area contributed by atoms with Gasteiger partial charge in [0.1, 0.15) is 11.8 Å². The molecular weight excluding hydrogens is 180 g/mol. The van der Waals surface area contributed by atoms with Crippen molar-refractivity contribution in [3.63, 3.8) is 0 Å². The fraction of sp³-hybridized carbons (Fsp3) is 0.333. The predicted octanol–water partition coefficient (Wildman–Crippen LogP) is 0.837. The summed E-state index contributed by atoms with van der Waals surface area (Å²) in [5.74, 6) is 0.226. The molecule has 0 saturated carbocycles. The molecule has 0 spiro atoms. The fourth-order valence-corrected chi connectivity index (χ4v) is 1.33. The molecule has 5 heteroatoms. The maximum Gasteiger partial charge on any atom is 0.275 e. The summed E-state index contributed by atoms with van der Waals surface area (Å²) in [5, 5.41) is 6.91. The summed E-state index contributed by atoms with van der Waals surface area (Å²) in [4.78, 5) is 19.2. The molecular formula is C9H10N4O. The Kier molecular flexibility index (Phi) is 1.99. The van der Waals surface area contributed by atoms with Crippen LogP contribution in [0.4, 0.5) is 0 Å². The molecule has 0 bridgehead atoms. The van der Waals surface area contributed by atoms with Gasteiger partial charge in [0.25, 0.3) is 5.56 Å². The summed E-state index contributed by atoms with van der Waals surface area (Å²) in [7, 11) is 0. The zero-order valence-electron chi connectivity index (χ0n) is 7.98. The van der Waals surface area contributed by atoms with Crippen molar-refractivity contribution in [2.75, 3.05) is 0 Å². The minimum atomic E-state index is -0.245. The molecule has 0 aliphatic rings. The van der Waals surface area contributed by atoms with Gasteiger partial charge in [0.15, 0.2) is 0 Å². The van der Waals surface area contributed by atoms with Crippen molar-refractivity contribution in [2.45, 2.75) is 19.8 Å². The molecule has 0 aliphatic heterocycles. The summed E-state index contributed by atoms with van der Waals surface area (Å²) in [5.41, 5.74) is 1.19. The van der Waals surface area contributed by atoms with E-state index in [2.05, 4.69) is 20.2 Å². The van der Waals surface area contributed by atoms with E-state index in [-0.39, 0.29) is 11.5 Å². The zero-order chi connectivity index (χ0) is 10.1. The molecule has 0 fully saturated rings. The Bertz CT molecular complexity index is 517. The molecule has 0 aliphatic carbocycles. The lowest BCUT2D eigenvalue weighted by atomic mass is 10.1. The highest BCUT2D eigenvalue weighted by atomic mass is 16.1. The maximum absolute atomic E-state index is 11.4. The van der Waals surface area contributed by atoms with Gasteiger partial charge in [-0.1, -0.05) is 13.8 Å². The molecule has 1 N–H and O–H groups in total. The molecule has 0 radical (unpaired) electrons. The van der Waals surface area contributed by atoms with Gasteiger partial charge in [-0.3, -0.25) is 4.79 Å².